The van der Waals surface area contributed by atoms with Crippen molar-refractivity contribution >= 4 is 0 Å². The smallest absolute Gasteiger partial charge is 0.141 e. The molecular formula is C10H17N7. The molecule has 2 heterocycles. The highest BCUT2D eigenvalue weighted by atomic mass is 15.3. The number of aromatic amines is 1. The van der Waals surface area contributed by atoms with Gasteiger partial charge in [0.15, 0.2) is 0 Å². The standard InChI is InChI=1S/C10H17N7/c1-7(2)17-9(12-6-15-17)4-8(11-3)10-13-5-14-16-10/h5-8,11H,4H2,1-3H3,(H,13,14,16). The average Bonchev–Trinajstić information content (AvgIpc) is 2.96. The number of hydrogen-bond acceptors (Lipinski definition) is 5. The van der Waals surface area contributed by atoms with Crippen LogP contribution in [0.1, 0.15) is 37.6 Å². The molecule has 0 aliphatic heterocycles. The van der Waals surface area contributed by atoms with E-state index in [4.69, 9.17) is 0 Å². The van der Waals surface area contributed by atoms with Gasteiger partial charge in [0.25, 0.3) is 0 Å². The Kier molecular flexibility index (Phi) is 3.48. The van der Waals surface area contributed by atoms with Gasteiger partial charge in [-0.25, -0.2) is 14.6 Å². The van der Waals surface area contributed by atoms with Crippen molar-refractivity contribution in [2.24, 2.45) is 0 Å². The van der Waals surface area contributed by atoms with Crippen LogP contribution in [-0.4, -0.2) is 37.0 Å². The molecular weight excluding hydrogens is 218 g/mol. The molecule has 2 aromatic rings. The van der Waals surface area contributed by atoms with E-state index in [9.17, 15) is 0 Å². The zero-order valence-electron chi connectivity index (χ0n) is 10.3. The fourth-order valence-electron chi connectivity index (χ4n) is 1.75. The maximum atomic E-state index is 4.28. The number of nitrogens with zero attached hydrogens (tertiary/aromatic N) is 5. The molecule has 17 heavy (non-hydrogen) atoms. The molecule has 0 saturated heterocycles. The topological polar surface area (TPSA) is 84.3 Å². The normalized spacial score (nSPS) is 13.2. The molecule has 2 rings (SSSR count). The Balaban J connectivity index is 2.16. The van der Waals surface area contributed by atoms with Gasteiger partial charge in [0, 0.05) is 12.5 Å². The first-order valence-electron chi connectivity index (χ1n) is 5.63. The quantitative estimate of drug-likeness (QED) is 0.787. The summed E-state index contributed by atoms with van der Waals surface area (Å²) in [5, 5.41) is 14.1. The van der Waals surface area contributed by atoms with Crippen molar-refractivity contribution < 1.29 is 0 Å². The second-order valence-corrected chi connectivity index (χ2v) is 4.13. The molecule has 0 aliphatic rings. The molecule has 0 bridgehead atoms. The average molecular weight is 235 g/mol. The van der Waals surface area contributed by atoms with Crippen molar-refractivity contribution in [3.05, 3.63) is 24.3 Å². The van der Waals surface area contributed by atoms with Gasteiger partial charge < -0.3 is 5.32 Å². The predicted molar refractivity (Wildman–Crippen MR) is 62.3 cm³/mol. The first kappa shape index (κ1) is 11.7. The molecule has 1 atom stereocenters. The second-order valence-electron chi connectivity index (χ2n) is 4.13. The molecule has 0 aliphatic carbocycles. The van der Waals surface area contributed by atoms with E-state index in [2.05, 4.69) is 44.4 Å². The van der Waals surface area contributed by atoms with Crippen LogP contribution in [0.15, 0.2) is 12.7 Å². The van der Waals surface area contributed by atoms with E-state index in [-0.39, 0.29) is 6.04 Å². The van der Waals surface area contributed by atoms with E-state index in [0.717, 1.165) is 18.1 Å². The SMILES string of the molecule is CNC(Cc1ncnn1C(C)C)c1ncn[nH]1. The number of nitrogens with one attached hydrogen (secondary N) is 2. The van der Waals surface area contributed by atoms with Crippen LogP contribution >= 0.6 is 0 Å². The van der Waals surface area contributed by atoms with Gasteiger partial charge in [-0.05, 0) is 20.9 Å². The Morgan fingerprint density at radius 2 is 2.18 bits per heavy atom. The summed E-state index contributed by atoms with van der Waals surface area (Å²) in [5.74, 6) is 1.75. The molecule has 0 radical (unpaired) electrons. The number of H-pyrrole nitrogens is 1. The Bertz CT molecular complexity index is 445. The van der Waals surface area contributed by atoms with E-state index >= 15 is 0 Å². The van der Waals surface area contributed by atoms with Crippen LogP contribution in [0.3, 0.4) is 0 Å². The summed E-state index contributed by atoms with van der Waals surface area (Å²) in [6.45, 7) is 4.17. The lowest BCUT2D eigenvalue weighted by molar-refractivity contribution is 0.470. The van der Waals surface area contributed by atoms with Gasteiger partial charge in [-0.3, -0.25) is 5.10 Å². The Morgan fingerprint density at radius 3 is 2.76 bits per heavy atom. The molecule has 92 valence electrons. The van der Waals surface area contributed by atoms with Crippen molar-refractivity contribution in [1.29, 1.82) is 0 Å². The van der Waals surface area contributed by atoms with E-state index in [1.165, 1.54) is 6.33 Å². The minimum absolute atomic E-state index is 0.0687. The third kappa shape index (κ3) is 2.50. The van der Waals surface area contributed by atoms with E-state index in [1.54, 1.807) is 6.33 Å². The van der Waals surface area contributed by atoms with Crippen molar-refractivity contribution in [1.82, 2.24) is 35.3 Å². The summed E-state index contributed by atoms with van der Waals surface area (Å²) >= 11 is 0. The van der Waals surface area contributed by atoms with Crippen molar-refractivity contribution in [3.8, 4) is 0 Å². The largest absolute Gasteiger partial charge is 0.310 e. The fraction of sp³-hybridized carbons (Fsp3) is 0.600. The molecule has 7 heteroatoms. The van der Waals surface area contributed by atoms with Crippen LogP contribution in [0.5, 0.6) is 0 Å². The van der Waals surface area contributed by atoms with Crippen LogP contribution in [0, 0.1) is 0 Å². The van der Waals surface area contributed by atoms with Gasteiger partial charge in [-0.2, -0.15) is 10.2 Å². The molecule has 0 amide bonds. The summed E-state index contributed by atoms with van der Waals surface area (Å²) in [4.78, 5) is 8.44. The second kappa shape index (κ2) is 5.05. The van der Waals surface area contributed by atoms with Gasteiger partial charge >= 0.3 is 0 Å². The van der Waals surface area contributed by atoms with Crippen LogP contribution in [0.25, 0.3) is 0 Å². The molecule has 0 aromatic carbocycles. The monoisotopic (exact) mass is 235 g/mol. The van der Waals surface area contributed by atoms with Crippen LogP contribution in [-0.2, 0) is 6.42 Å². The van der Waals surface area contributed by atoms with Crippen molar-refractivity contribution in [2.45, 2.75) is 32.4 Å². The lowest BCUT2D eigenvalue weighted by Crippen LogP contribution is -2.22. The third-order valence-corrected chi connectivity index (χ3v) is 2.64. The van der Waals surface area contributed by atoms with Crippen LogP contribution in [0.2, 0.25) is 0 Å². The van der Waals surface area contributed by atoms with Crippen LogP contribution in [0.4, 0.5) is 0 Å². The summed E-state index contributed by atoms with van der Waals surface area (Å²) in [6.07, 6.45) is 3.82. The zero-order chi connectivity index (χ0) is 12.3. The van der Waals surface area contributed by atoms with Gasteiger partial charge in [0.05, 0.1) is 6.04 Å². The molecule has 0 spiro atoms. The number of aromatic nitrogens is 6. The number of rotatable bonds is 5. The maximum Gasteiger partial charge on any atom is 0.141 e. The van der Waals surface area contributed by atoms with Gasteiger partial charge in [-0.15, -0.1) is 0 Å². The van der Waals surface area contributed by atoms with Crippen LogP contribution < -0.4 is 5.32 Å². The fourth-order valence-corrected chi connectivity index (χ4v) is 1.75. The minimum atomic E-state index is 0.0687. The zero-order valence-corrected chi connectivity index (χ0v) is 10.3. The highest BCUT2D eigenvalue weighted by molar-refractivity contribution is 4.99. The number of hydrogen-bond donors (Lipinski definition) is 2. The Morgan fingerprint density at radius 1 is 1.35 bits per heavy atom. The Hall–Kier alpha value is -1.76. The lowest BCUT2D eigenvalue weighted by atomic mass is 10.2. The van der Waals surface area contributed by atoms with Crippen molar-refractivity contribution in [3.63, 3.8) is 0 Å². The Labute approximate surface area is 99.7 Å². The summed E-state index contributed by atoms with van der Waals surface area (Å²) in [7, 11) is 1.89. The van der Waals surface area contributed by atoms with E-state index in [0.29, 0.717) is 6.04 Å². The predicted octanol–water partition coefficient (Wildman–Crippen LogP) is 0.480. The summed E-state index contributed by atoms with van der Waals surface area (Å²) in [6, 6.07) is 0.374. The molecule has 7 nitrogen and oxygen atoms in total. The van der Waals surface area contributed by atoms with Gasteiger partial charge in [0.2, 0.25) is 0 Å². The lowest BCUT2D eigenvalue weighted by Gasteiger charge is -2.14. The summed E-state index contributed by atoms with van der Waals surface area (Å²) in [5.41, 5.74) is 0. The van der Waals surface area contributed by atoms with Gasteiger partial charge in [0.1, 0.15) is 24.3 Å². The minimum Gasteiger partial charge on any atom is -0.310 e. The highest BCUT2D eigenvalue weighted by Crippen LogP contribution is 2.14. The molecule has 2 N–H and O–H groups in total. The number of likely N-dealkylation sites (N-methyl/N-ethyl adjacent to an activating group) is 1. The van der Waals surface area contributed by atoms with E-state index in [1.807, 2.05) is 11.7 Å². The first-order valence-corrected chi connectivity index (χ1v) is 5.63. The first-order chi connectivity index (χ1) is 8.22. The van der Waals surface area contributed by atoms with Gasteiger partial charge in [-0.1, -0.05) is 0 Å². The highest BCUT2D eigenvalue weighted by Gasteiger charge is 2.17. The molecule has 0 saturated carbocycles. The van der Waals surface area contributed by atoms with E-state index < -0.39 is 0 Å². The molecule has 1 unspecified atom stereocenters. The van der Waals surface area contributed by atoms with Crippen molar-refractivity contribution in [2.75, 3.05) is 7.05 Å². The third-order valence-electron chi connectivity index (χ3n) is 2.64. The maximum absolute atomic E-state index is 4.28. The molecule has 0 fully saturated rings. The molecule has 2 aromatic heterocycles. The summed E-state index contributed by atoms with van der Waals surface area (Å²) < 4.78 is 1.92.